The maximum absolute atomic E-state index is 12.9. The normalized spacial score (nSPS) is 23.2. The van der Waals surface area contributed by atoms with E-state index >= 15 is 0 Å². The maximum atomic E-state index is 12.9. The Kier molecular flexibility index (Phi) is 6.28. The van der Waals surface area contributed by atoms with Crippen molar-refractivity contribution in [3.63, 3.8) is 0 Å². The van der Waals surface area contributed by atoms with Gasteiger partial charge in [0.25, 0.3) is 0 Å². The lowest BCUT2D eigenvalue weighted by Gasteiger charge is -2.20. The van der Waals surface area contributed by atoms with Crippen molar-refractivity contribution in [2.24, 2.45) is 0 Å². The minimum Gasteiger partial charge on any atom is -0.494 e. The zero-order valence-corrected chi connectivity index (χ0v) is 15.7. The highest BCUT2D eigenvalue weighted by molar-refractivity contribution is 7.96. The van der Waals surface area contributed by atoms with Crippen LogP contribution in [-0.4, -0.2) is 52.8 Å². The molecule has 136 valence electrons. The number of rotatable bonds is 8. The fourth-order valence-electron chi connectivity index (χ4n) is 2.84. The first kappa shape index (κ1) is 19.2. The molecule has 1 heterocycles. The van der Waals surface area contributed by atoms with Gasteiger partial charge in [-0.15, -0.1) is 0 Å². The van der Waals surface area contributed by atoms with Gasteiger partial charge in [-0.25, -0.2) is 16.8 Å². The quantitative estimate of drug-likeness (QED) is 0.691. The van der Waals surface area contributed by atoms with Crippen molar-refractivity contribution >= 4 is 19.7 Å². The van der Waals surface area contributed by atoms with E-state index < -0.39 is 31.0 Å². The van der Waals surface area contributed by atoms with Gasteiger partial charge in [0.1, 0.15) is 5.75 Å². The molecule has 0 saturated carbocycles. The fourth-order valence-corrected chi connectivity index (χ4v) is 7.56. The molecule has 1 aliphatic heterocycles. The van der Waals surface area contributed by atoms with Gasteiger partial charge in [-0.1, -0.05) is 13.3 Å². The predicted octanol–water partition coefficient (Wildman–Crippen LogP) is 1.41. The van der Waals surface area contributed by atoms with Crippen LogP contribution in [-0.2, 0) is 19.7 Å². The summed E-state index contributed by atoms with van der Waals surface area (Å²) < 4.78 is 55.0. The molecule has 0 amide bonds. The molecule has 1 N–H and O–H groups in total. The van der Waals surface area contributed by atoms with E-state index in [9.17, 15) is 16.8 Å². The molecule has 0 spiro atoms. The second-order valence-electron chi connectivity index (χ2n) is 5.98. The molecule has 6 nitrogen and oxygen atoms in total. The highest BCUT2D eigenvalue weighted by Crippen LogP contribution is 2.27. The molecule has 1 aromatic carbocycles. The van der Waals surface area contributed by atoms with Crippen molar-refractivity contribution in [3.8, 4) is 5.75 Å². The van der Waals surface area contributed by atoms with Gasteiger partial charge in [-0.05, 0) is 44.2 Å². The van der Waals surface area contributed by atoms with Crippen molar-refractivity contribution in [2.45, 2.75) is 42.9 Å². The van der Waals surface area contributed by atoms with Gasteiger partial charge in [-0.3, -0.25) is 0 Å². The zero-order valence-electron chi connectivity index (χ0n) is 14.1. The van der Waals surface area contributed by atoms with Crippen molar-refractivity contribution in [3.05, 3.63) is 24.3 Å². The van der Waals surface area contributed by atoms with Crippen LogP contribution in [0.2, 0.25) is 0 Å². The van der Waals surface area contributed by atoms with Gasteiger partial charge in [0.05, 0.1) is 28.3 Å². The lowest BCUT2D eigenvalue weighted by Crippen LogP contribution is -2.43. The second kappa shape index (κ2) is 7.84. The third-order valence-corrected chi connectivity index (χ3v) is 8.27. The average molecular weight is 376 g/mol. The average Bonchev–Trinajstić information content (AvgIpc) is 2.84. The first-order valence-corrected chi connectivity index (χ1v) is 11.6. The summed E-state index contributed by atoms with van der Waals surface area (Å²) in [4.78, 5) is 0.135. The molecule has 1 aliphatic rings. The van der Waals surface area contributed by atoms with Crippen molar-refractivity contribution in [1.29, 1.82) is 0 Å². The summed E-state index contributed by atoms with van der Waals surface area (Å²) in [6.45, 7) is 4.99. The number of nitrogens with one attached hydrogen (secondary N) is 1. The molecule has 0 aliphatic carbocycles. The van der Waals surface area contributed by atoms with Gasteiger partial charge in [0.2, 0.25) is 0 Å². The molecule has 0 unspecified atom stereocenters. The molecule has 0 bridgehead atoms. The van der Waals surface area contributed by atoms with E-state index in [1.54, 1.807) is 12.1 Å². The molecule has 1 fully saturated rings. The number of ether oxygens (including phenoxy) is 1. The number of unbranched alkanes of at least 4 members (excludes halogenated alkanes) is 1. The summed E-state index contributed by atoms with van der Waals surface area (Å²) in [5.74, 6) is 0.136. The van der Waals surface area contributed by atoms with Crippen LogP contribution in [0.5, 0.6) is 5.75 Å². The summed E-state index contributed by atoms with van der Waals surface area (Å²) in [7, 11) is -7.08. The Morgan fingerprint density at radius 2 is 1.83 bits per heavy atom. The molecular formula is C16H25NO5S2. The van der Waals surface area contributed by atoms with Crippen LogP contribution in [0.4, 0.5) is 0 Å². The van der Waals surface area contributed by atoms with Gasteiger partial charge in [0, 0.05) is 6.04 Å². The largest absolute Gasteiger partial charge is 0.494 e. The summed E-state index contributed by atoms with van der Waals surface area (Å²) in [5.41, 5.74) is 0. The van der Waals surface area contributed by atoms with Crippen molar-refractivity contribution in [1.82, 2.24) is 5.32 Å². The highest BCUT2D eigenvalue weighted by Gasteiger charge is 2.45. The van der Waals surface area contributed by atoms with Crippen LogP contribution in [0.15, 0.2) is 29.2 Å². The summed E-state index contributed by atoms with van der Waals surface area (Å²) >= 11 is 0. The first-order valence-electron chi connectivity index (χ1n) is 8.20. The van der Waals surface area contributed by atoms with Gasteiger partial charge in [-0.2, -0.15) is 0 Å². The molecule has 0 aromatic heterocycles. The van der Waals surface area contributed by atoms with Crippen LogP contribution in [0.25, 0.3) is 0 Å². The zero-order chi connectivity index (χ0) is 17.8. The van der Waals surface area contributed by atoms with Gasteiger partial charge >= 0.3 is 0 Å². The minimum atomic E-state index is -3.72. The highest BCUT2D eigenvalue weighted by atomic mass is 32.2. The fraction of sp³-hybridized carbons (Fsp3) is 0.625. The van der Waals surface area contributed by atoms with E-state index in [0.29, 0.717) is 18.9 Å². The Hall–Kier alpha value is -1.12. The predicted molar refractivity (Wildman–Crippen MR) is 93.9 cm³/mol. The summed E-state index contributed by atoms with van der Waals surface area (Å²) in [5, 5.41) is 2.17. The molecule has 2 rings (SSSR count). The number of hydrogen-bond donors (Lipinski definition) is 1. The van der Waals surface area contributed by atoms with Crippen molar-refractivity contribution in [2.75, 3.05) is 24.7 Å². The molecule has 1 saturated heterocycles. The Bertz CT molecular complexity index is 741. The lowest BCUT2D eigenvalue weighted by molar-refractivity contribution is 0.340. The van der Waals surface area contributed by atoms with Gasteiger partial charge < -0.3 is 10.1 Å². The summed E-state index contributed by atoms with van der Waals surface area (Å²) in [6.07, 6.45) is 1.84. The number of hydrogen-bond acceptors (Lipinski definition) is 6. The first-order chi connectivity index (χ1) is 11.3. The van der Waals surface area contributed by atoms with Crippen LogP contribution in [0.1, 0.15) is 26.7 Å². The molecule has 24 heavy (non-hydrogen) atoms. The Labute approximate surface area is 144 Å². The Morgan fingerprint density at radius 1 is 1.17 bits per heavy atom. The van der Waals surface area contributed by atoms with Crippen LogP contribution in [0.3, 0.4) is 0 Å². The summed E-state index contributed by atoms with van der Waals surface area (Å²) in [6, 6.07) is 5.60. The van der Waals surface area contributed by atoms with E-state index in [2.05, 4.69) is 5.32 Å². The third kappa shape index (κ3) is 4.49. The van der Waals surface area contributed by atoms with E-state index in [1.165, 1.54) is 12.1 Å². The monoisotopic (exact) mass is 375 g/mol. The number of benzene rings is 1. The lowest BCUT2D eigenvalue weighted by atomic mass is 10.2. The van der Waals surface area contributed by atoms with E-state index in [0.717, 1.165) is 12.8 Å². The topological polar surface area (TPSA) is 89.5 Å². The second-order valence-corrected chi connectivity index (χ2v) is 10.3. The maximum Gasteiger partial charge on any atom is 0.183 e. The van der Waals surface area contributed by atoms with Crippen molar-refractivity contribution < 1.29 is 21.6 Å². The van der Waals surface area contributed by atoms with Crippen LogP contribution >= 0.6 is 0 Å². The third-order valence-electron chi connectivity index (χ3n) is 4.10. The molecule has 1 aromatic rings. The Morgan fingerprint density at radius 3 is 2.42 bits per heavy atom. The minimum absolute atomic E-state index is 0.127. The standard InChI is InChI=1S/C16H25NO5S2/c1-3-5-10-17-15-11-23(18,19)12-16(15)24(20,21)14-8-6-13(7-9-14)22-4-2/h6-9,15-17H,3-5,10-12H2,1-2H3/t15-,16-/m1/s1. The Balaban J connectivity index is 2.24. The smallest absolute Gasteiger partial charge is 0.183 e. The molecule has 0 radical (unpaired) electrons. The van der Waals surface area contributed by atoms with E-state index in [1.807, 2.05) is 13.8 Å². The molecule has 2 atom stereocenters. The number of sulfone groups is 2. The molecular weight excluding hydrogens is 350 g/mol. The van der Waals surface area contributed by atoms with Gasteiger partial charge in [0.15, 0.2) is 19.7 Å². The van der Waals surface area contributed by atoms with E-state index in [-0.39, 0.29) is 16.4 Å². The van der Waals surface area contributed by atoms with E-state index in [4.69, 9.17) is 4.74 Å². The SMILES string of the molecule is CCCCN[C@@H]1CS(=O)(=O)C[C@H]1S(=O)(=O)c1ccc(OCC)cc1. The van der Waals surface area contributed by atoms with Crippen LogP contribution in [0, 0.1) is 0 Å². The molecule has 8 heteroatoms. The van der Waals surface area contributed by atoms with Crippen LogP contribution < -0.4 is 10.1 Å².